The average Bonchev–Trinajstić information content (AvgIpc) is 2.94. The second-order valence-electron chi connectivity index (χ2n) is 11.1. The van der Waals surface area contributed by atoms with Crippen molar-refractivity contribution in [2.75, 3.05) is 29.9 Å². The van der Waals surface area contributed by atoms with E-state index in [1.807, 2.05) is 24.4 Å². The van der Waals surface area contributed by atoms with E-state index in [0.717, 1.165) is 67.0 Å². The Kier molecular flexibility index (Phi) is 8.75. The first-order chi connectivity index (χ1) is 18.9. The molecule has 7 heteroatoms. The van der Waals surface area contributed by atoms with Crippen LogP contribution in [0.1, 0.15) is 56.1 Å². The largest absolute Gasteiger partial charge is 0.416 e. The van der Waals surface area contributed by atoms with Gasteiger partial charge in [-0.1, -0.05) is 37.1 Å². The van der Waals surface area contributed by atoms with Crippen LogP contribution in [0.4, 0.5) is 24.7 Å². The van der Waals surface area contributed by atoms with E-state index in [1.165, 1.54) is 31.4 Å². The standard InChI is InChI=1S/C32H38F3N3O/c33-32(34,35)28-10-12-29(13-11-28)38-17-4-6-24(22-38)20-27-7-1-2-9-30(27)37-31-21-26(14-16-36-31)25-8-3-5-23(19-25)15-18-39/h3,5,8,10-14,16,19,21,24,27,30,39H,1-2,4,6-7,9,15,17-18,20,22H2,(H,36,37)/t24-,27+,30-/m1/s1. The number of nitrogens with one attached hydrogen (secondary N) is 1. The van der Waals surface area contributed by atoms with Gasteiger partial charge in [0.25, 0.3) is 0 Å². The number of benzene rings is 2. The van der Waals surface area contributed by atoms with Crippen LogP contribution < -0.4 is 10.2 Å². The number of aliphatic hydroxyl groups is 1. The highest BCUT2D eigenvalue weighted by Crippen LogP contribution is 2.36. The first kappa shape index (κ1) is 27.5. The van der Waals surface area contributed by atoms with E-state index in [2.05, 4.69) is 33.4 Å². The van der Waals surface area contributed by atoms with Crippen molar-refractivity contribution in [2.24, 2.45) is 11.8 Å². The fourth-order valence-corrected chi connectivity index (χ4v) is 6.38. The summed E-state index contributed by atoms with van der Waals surface area (Å²) in [5.74, 6) is 1.98. The van der Waals surface area contributed by atoms with E-state index in [1.54, 1.807) is 12.1 Å². The lowest BCUT2D eigenvalue weighted by Gasteiger charge is -2.39. The van der Waals surface area contributed by atoms with E-state index in [4.69, 9.17) is 0 Å². The second kappa shape index (κ2) is 12.4. The Morgan fingerprint density at radius 3 is 2.51 bits per heavy atom. The van der Waals surface area contributed by atoms with Crippen molar-refractivity contribution in [3.05, 3.63) is 78.0 Å². The summed E-state index contributed by atoms with van der Waals surface area (Å²) >= 11 is 0. The minimum absolute atomic E-state index is 0.138. The van der Waals surface area contributed by atoms with Gasteiger partial charge in [-0.05, 0) is 103 Å². The molecular weight excluding hydrogens is 499 g/mol. The predicted octanol–water partition coefficient (Wildman–Crippen LogP) is 7.58. The highest BCUT2D eigenvalue weighted by Gasteiger charge is 2.32. The van der Waals surface area contributed by atoms with Crippen LogP contribution in [-0.2, 0) is 12.6 Å². The third kappa shape index (κ3) is 7.13. The van der Waals surface area contributed by atoms with Crippen molar-refractivity contribution in [3.63, 3.8) is 0 Å². The number of aliphatic hydroxyl groups excluding tert-OH is 1. The highest BCUT2D eigenvalue weighted by atomic mass is 19.4. The van der Waals surface area contributed by atoms with Crippen molar-refractivity contribution >= 4 is 11.5 Å². The number of rotatable bonds is 8. The normalized spacial score (nSPS) is 22.1. The van der Waals surface area contributed by atoms with Gasteiger partial charge in [0.15, 0.2) is 0 Å². The molecule has 3 atom stereocenters. The summed E-state index contributed by atoms with van der Waals surface area (Å²) in [6.45, 7) is 1.93. The van der Waals surface area contributed by atoms with Crippen molar-refractivity contribution < 1.29 is 18.3 Å². The monoisotopic (exact) mass is 537 g/mol. The number of anilines is 2. The Labute approximate surface area is 229 Å². The molecule has 0 spiro atoms. The first-order valence-corrected chi connectivity index (χ1v) is 14.2. The van der Waals surface area contributed by atoms with Crippen molar-refractivity contribution in [2.45, 2.75) is 63.6 Å². The van der Waals surface area contributed by atoms with Crippen LogP contribution in [0.2, 0.25) is 0 Å². The molecule has 5 rings (SSSR count). The van der Waals surface area contributed by atoms with Gasteiger partial charge in [-0.25, -0.2) is 4.98 Å². The number of pyridine rings is 1. The maximum atomic E-state index is 13.0. The Morgan fingerprint density at radius 1 is 0.923 bits per heavy atom. The lowest BCUT2D eigenvalue weighted by atomic mass is 9.77. The average molecular weight is 538 g/mol. The van der Waals surface area contributed by atoms with E-state index >= 15 is 0 Å². The molecule has 3 aromatic rings. The third-order valence-electron chi connectivity index (χ3n) is 8.38. The molecule has 4 nitrogen and oxygen atoms in total. The Balaban J connectivity index is 1.23. The van der Waals surface area contributed by atoms with Crippen molar-refractivity contribution in [3.8, 4) is 11.1 Å². The van der Waals surface area contributed by atoms with E-state index in [9.17, 15) is 18.3 Å². The van der Waals surface area contributed by atoms with Crippen molar-refractivity contribution in [1.82, 2.24) is 4.98 Å². The quantitative estimate of drug-likeness (QED) is 0.311. The maximum absolute atomic E-state index is 13.0. The second-order valence-corrected chi connectivity index (χ2v) is 11.1. The number of nitrogens with zero attached hydrogens (tertiary/aromatic N) is 2. The van der Waals surface area contributed by atoms with Gasteiger partial charge in [-0.2, -0.15) is 13.2 Å². The summed E-state index contributed by atoms with van der Waals surface area (Å²) in [5, 5.41) is 13.1. The lowest BCUT2D eigenvalue weighted by Crippen LogP contribution is -2.39. The van der Waals surface area contributed by atoms with Crippen LogP contribution in [0.15, 0.2) is 66.9 Å². The van der Waals surface area contributed by atoms with Crippen LogP contribution in [0.5, 0.6) is 0 Å². The fraction of sp³-hybridized carbons (Fsp3) is 0.469. The van der Waals surface area contributed by atoms with Gasteiger partial charge in [0.2, 0.25) is 0 Å². The lowest BCUT2D eigenvalue weighted by molar-refractivity contribution is -0.137. The Hall–Kier alpha value is -3.06. The topological polar surface area (TPSA) is 48.4 Å². The molecule has 1 saturated carbocycles. The van der Waals surface area contributed by atoms with Crippen LogP contribution >= 0.6 is 0 Å². The molecule has 0 amide bonds. The predicted molar refractivity (Wildman–Crippen MR) is 151 cm³/mol. The molecular formula is C32H38F3N3O. The molecule has 0 unspecified atom stereocenters. The summed E-state index contributed by atoms with van der Waals surface area (Å²) in [6.07, 6.45) is 6.32. The zero-order valence-corrected chi connectivity index (χ0v) is 22.3. The summed E-state index contributed by atoms with van der Waals surface area (Å²) in [5.41, 5.74) is 3.64. The van der Waals surface area contributed by atoms with Gasteiger partial charge in [0.05, 0.1) is 5.56 Å². The maximum Gasteiger partial charge on any atom is 0.416 e. The molecule has 1 aromatic heterocycles. The first-order valence-electron chi connectivity index (χ1n) is 14.2. The van der Waals surface area contributed by atoms with E-state index in [0.29, 0.717) is 24.3 Å². The zero-order valence-electron chi connectivity index (χ0n) is 22.3. The molecule has 2 fully saturated rings. The Bertz CT molecular complexity index is 1210. The SMILES string of the molecule is OCCc1cccc(-c2ccnc(N[C@@H]3CCCC[C@H]3C[C@H]3CCCN(c4ccc(C(F)(F)F)cc4)C3)c2)c1. The molecule has 0 radical (unpaired) electrons. The molecule has 208 valence electrons. The van der Waals surface area contributed by atoms with Crippen LogP contribution in [0.25, 0.3) is 11.1 Å². The zero-order chi connectivity index (χ0) is 27.2. The molecule has 0 bridgehead atoms. The number of hydrogen-bond donors (Lipinski definition) is 2. The molecule has 2 aliphatic rings. The van der Waals surface area contributed by atoms with Gasteiger partial charge < -0.3 is 15.3 Å². The van der Waals surface area contributed by atoms with E-state index in [-0.39, 0.29) is 6.61 Å². The van der Waals surface area contributed by atoms with Gasteiger partial charge in [-0.3, -0.25) is 0 Å². The van der Waals surface area contributed by atoms with Crippen LogP contribution in [0, 0.1) is 11.8 Å². The molecule has 1 saturated heterocycles. The summed E-state index contributed by atoms with van der Waals surface area (Å²) < 4.78 is 39.0. The van der Waals surface area contributed by atoms with Gasteiger partial charge >= 0.3 is 6.18 Å². The Morgan fingerprint density at radius 2 is 1.72 bits per heavy atom. The fourth-order valence-electron chi connectivity index (χ4n) is 6.38. The summed E-state index contributed by atoms with van der Waals surface area (Å²) in [7, 11) is 0. The minimum atomic E-state index is -4.30. The third-order valence-corrected chi connectivity index (χ3v) is 8.38. The number of piperidine rings is 1. The molecule has 2 heterocycles. The van der Waals surface area contributed by atoms with Crippen LogP contribution in [0.3, 0.4) is 0 Å². The summed E-state index contributed by atoms with van der Waals surface area (Å²) in [6, 6.07) is 18.4. The summed E-state index contributed by atoms with van der Waals surface area (Å²) in [4.78, 5) is 6.90. The van der Waals surface area contributed by atoms with Crippen LogP contribution in [-0.4, -0.2) is 35.8 Å². The van der Waals surface area contributed by atoms with Gasteiger partial charge in [0, 0.05) is 37.6 Å². The highest BCUT2D eigenvalue weighted by molar-refractivity contribution is 5.67. The van der Waals surface area contributed by atoms with Gasteiger partial charge in [-0.15, -0.1) is 0 Å². The van der Waals surface area contributed by atoms with Crippen molar-refractivity contribution in [1.29, 1.82) is 0 Å². The smallest absolute Gasteiger partial charge is 0.396 e. The molecule has 1 aliphatic carbocycles. The van der Waals surface area contributed by atoms with E-state index < -0.39 is 11.7 Å². The number of aromatic nitrogens is 1. The number of alkyl halides is 3. The minimum Gasteiger partial charge on any atom is -0.396 e. The molecule has 2 N–H and O–H groups in total. The number of halogens is 3. The number of hydrogen-bond acceptors (Lipinski definition) is 4. The molecule has 2 aromatic carbocycles. The molecule has 1 aliphatic heterocycles. The molecule has 39 heavy (non-hydrogen) atoms. The van der Waals surface area contributed by atoms with Gasteiger partial charge in [0.1, 0.15) is 5.82 Å².